The molecule has 22 heavy (non-hydrogen) atoms. The Kier molecular flexibility index (Phi) is 6.65. The summed E-state index contributed by atoms with van der Waals surface area (Å²) < 4.78 is 13.9. The van der Waals surface area contributed by atoms with Crippen LogP contribution in [0.5, 0.6) is 0 Å². The molecule has 5 heteroatoms. The van der Waals surface area contributed by atoms with Gasteiger partial charge in [0.15, 0.2) is 0 Å². The molecular weight excluding hydrogens is 279 g/mol. The van der Waals surface area contributed by atoms with E-state index in [9.17, 15) is 4.39 Å². The predicted molar refractivity (Wildman–Crippen MR) is 90.4 cm³/mol. The van der Waals surface area contributed by atoms with Crippen molar-refractivity contribution >= 4 is 5.71 Å². The van der Waals surface area contributed by atoms with Crippen molar-refractivity contribution in [3.63, 3.8) is 0 Å². The van der Waals surface area contributed by atoms with Gasteiger partial charge in [0.05, 0.1) is 11.8 Å². The minimum Gasteiger partial charge on any atom is -0.391 e. The fourth-order valence-corrected chi connectivity index (χ4v) is 2.57. The van der Waals surface area contributed by atoms with Crippen molar-refractivity contribution in [1.82, 2.24) is 15.5 Å². The summed E-state index contributed by atoms with van der Waals surface area (Å²) in [5.74, 6) is -0.0467. The number of halogens is 1. The fourth-order valence-electron chi connectivity index (χ4n) is 2.57. The van der Waals surface area contributed by atoms with Crippen LogP contribution in [0.4, 0.5) is 4.39 Å². The molecule has 1 saturated heterocycles. The molecule has 2 N–H and O–H groups in total. The Bertz CT molecular complexity index is 475. The number of allylic oxidation sites excluding steroid dienone is 1. The SMILES string of the molecule is CCCC1NC=CN=C1/C=C(/C/C=C(/F)CN1CCC1)NC. The van der Waals surface area contributed by atoms with Crippen molar-refractivity contribution in [1.29, 1.82) is 0 Å². The number of hydrogen-bond acceptors (Lipinski definition) is 4. The van der Waals surface area contributed by atoms with Crippen molar-refractivity contribution in [3.8, 4) is 0 Å². The van der Waals surface area contributed by atoms with Gasteiger partial charge < -0.3 is 10.6 Å². The van der Waals surface area contributed by atoms with Crippen LogP contribution in [0.15, 0.2) is 41.1 Å². The highest BCUT2D eigenvalue weighted by Crippen LogP contribution is 2.13. The van der Waals surface area contributed by atoms with Gasteiger partial charge in [0.1, 0.15) is 5.83 Å². The number of hydrogen-bond donors (Lipinski definition) is 2. The molecule has 2 heterocycles. The van der Waals surface area contributed by atoms with Gasteiger partial charge in [-0.25, -0.2) is 4.39 Å². The Labute approximate surface area is 132 Å². The van der Waals surface area contributed by atoms with Crippen LogP contribution in [0.2, 0.25) is 0 Å². The molecule has 1 atom stereocenters. The normalized spacial score (nSPS) is 22.9. The molecule has 2 aliphatic rings. The van der Waals surface area contributed by atoms with Crippen molar-refractivity contribution in [2.45, 2.75) is 38.6 Å². The summed E-state index contributed by atoms with van der Waals surface area (Å²) in [7, 11) is 1.87. The van der Waals surface area contributed by atoms with Crippen LogP contribution in [-0.4, -0.2) is 43.3 Å². The minimum atomic E-state index is -0.0467. The van der Waals surface area contributed by atoms with Crippen LogP contribution < -0.4 is 10.6 Å². The molecule has 0 aromatic rings. The monoisotopic (exact) mass is 306 g/mol. The summed E-state index contributed by atoms with van der Waals surface area (Å²) in [5.41, 5.74) is 1.99. The van der Waals surface area contributed by atoms with E-state index in [2.05, 4.69) is 27.4 Å². The second-order valence-electron chi connectivity index (χ2n) is 5.78. The average Bonchev–Trinajstić information content (AvgIpc) is 2.49. The van der Waals surface area contributed by atoms with E-state index in [0.717, 1.165) is 37.3 Å². The Morgan fingerprint density at radius 3 is 3.00 bits per heavy atom. The largest absolute Gasteiger partial charge is 0.391 e. The molecule has 0 aromatic heterocycles. The lowest BCUT2D eigenvalue weighted by Crippen LogP contribution is -2.37. The van der Waals surface area contributed by atoms with Gasteiger partial charge >= 0.3 is 0 Å². The maximum atomic E-state index is 13.9. The quantitative estimate of drug-likeness (QED) is 0.724. The van der Waals surface area contributed by atoms with Gasteiger partial charge in [0.2, 0.25) is 0 Å². The molecule has 2 aliphatic heterocycles. The van der Waals surface area contributed by atoms with Crippen LogP contribution in [-0.2, 0) is 0 Å². The van der Waals surface area contributed by atoms with Gasteiger partial charge in [-0.2, -0.15) is 0 Å². The molecule has 0 saturated carbocycles. The van der Waals surface area contributed by atoms with E-state index in [1.807, 2.05) is 19.3 Å². The van der Waals surface area contributed by atoms with Gasteiger partial charge in [-0.3, -0.25) is 9.89 Å². The lowest BCUT2D eigenvalue weighted by molar-refractivity contribution is 0.187. The molecule has 0 aromatic carbocycles. The third kappa shape index (κ3) is 4.98. The first-order chi connectivity index (χ1) is 10.7. The van der Waals surface area contributed by atoms with Crippen LogP contribution in [0.25, 0.3) is 0 Å². The summed E-state index contributed by atoms with van der Waals surface area (Å²) in [6, 6.07) is 0.244. The van der Waals surface area contributed by atoms with Crippen LogP contribution in [0.1, 0.15) is 32.6 Å². The second kappa shape index (κ2) is 8.73. The fraction of sp³-hybridized carbons (Fsp3) is 0.588. The maximum absolute atomic E-state index is 13.9. The van der Waals surface area contributed by atoms with Gasteiger partial charge in [-0.15, -0.1) is 0 Å². The van der Waals surface area contributed by atoms with E-state index in [1.54, 1.807) is 12.3 Å². The Balaban J connectivity index is 1.95. The summed E-state index contributed by atoms with van der Waals surface area (Å²) >= 11 is 0. The van der Waals surface area contributed by atoms with Gasteiger partial charge in [0, 0.05) is 38.1 Å². The zero-order valence-corrected chi connectivity index (χ0v) is 13.6. The molecule has 2 rings (SSSR count). The Morgan fingerprint density at radius 1 is 1.55 bits per heavy atom. The highest BCUT2D eigenvalue weighted by atomic mass is 19.1. The highest BCUT2D eigenvalue weighted by molar-refractivity contribution is 6.00. The van der Waals surface area contributed by atoms with Crippen LogP contribution >= 0.6 is 0 Å². The first-order valence-electron chi connectivity index (χ1n) is 8.17. The number of aliphatic imine (C=N–C) groups is 1. The van der Waals surface area contributed by atoms with E-state index in [-0.39, 0.29) is 11.9 Å². The third-order valence-electron chi connectivity index (χ3n) is 4.04. The van der Waals surface area contributed by atoms with Crippen molar-refractivity contribution in [3.05, 3.63) is 36.1 Å². The van der Waals surface area contributed by atoms with E-state index >= 15 is 0 Å². The number of rotatable bonds is 8. The van der Waals surface area contributed by atoms with E-state index in [1.165, 1.54) is 6.42 Å². The molecule has 0 bridgehead atoms. The van der Waals surface area contributed by atoms with Gasteiger partial charge in [-0.1, -0.05) is 13.3 Å². The van der Waals surface area contributed by atoms with Crippen molar-refractivity contribution in [2.75, 3.05) is 26.7 Å². The minimum absolute atomic E-state index is 0.0467. The second-order valence-corrected chi connectivity index (χ2v) is 5.78. The molecule has 4 nitrogen and oxygen atoms in total. The smallest absolute Gasteiger partial charge is 0.110 e. The zero-order valence-electron chi connectivity index (χ0n) is 13.6. The van der Waals surface area contributed by atoms with Crippen LogP contribution in [0.3, 0.4) is 0 Å². The Hall–Kier alpha value is -1.62. The molecule has 0 spiro atoms. The van der Waals surface area contributed by atoms with E-state index in [0.29, 0.717) is 13.0 Å². The summed E-state index contributed by atoms with van der Waals surface area (Å²) in [5, 5.41) is 6.48. The van der Waals surface area contributed by atoms with Crippen molar-refractivity contribution in [2.24, 2.45) is 4.99 Å². The van der Waals surface area contributed by atoms with Gasteiger partial charge in [0.25, 0.3) is 0 Å². The molecule has 122 valence electrons. The topological polar surface area (TPSA) is 39.7 Å². The first kappa shape index (κ1) is 16.7. The van der Waals surface area contributed by atoms with E-state index in [4.69, 9.17) is 0 Å². The molecule has 0 amide bonds. The number of nitrogens with one attached hydrogen (secondary N) is 2. The summed E-state index contributed by atoms with van der Waals surface area (Å²) in [6.45, 7) is 4.64. The average molecular weight is 306 g/mol. The number of likely N-dealkylation sites (tertiary alicyclic amines) is 1. The summed E-state index contributed by atoms with van der Waals surface area (Å²) in [6.07, 6.45) is 11.2. The van der Waals surface area contributed by atoms with E-state index < -0.39 is 0 Å². The molecule has 1 unspecified atom stereocenters. The lowest BCUT2D eigenvalue weighted by atomic mass is 10.0. The first-order valence-corrected chi connectivity index (χ1v) is 8.17. The molecule has 0 aliphatic carbocycles. The third-order valence-corrected chi connectivity index (χ3v) is 4.04. The standard InChI is InChI=1S/C17H27FN4/c1-3-5-16-17(21-9-8-20-16)12-15(19-2)7-6-14(18)13-22-10-4-11-22/h6,8-9,12,16,19-20H,3-5,7,10-11,13H2,1-2H3/b14-6+,15-12-. The Morgan fingerprint density at radius 2 is 2.36 bits per heavy atom. The number of nitrogens with zero attached hydrogens (tertiary/aromatic N) is 2. The zero-order chi connectivity index (χ0) is 15.8. The van der Waals surface area contributed by atoms with Gasteiger partial charge in [-0.05, 0) is 38.1 Å². The molecule has 0 radical (unpaired) electrons. The maximum Gasteiger partial charge on any atom is 0.110 e. The summed E-state index contributed by atoms with van der Waals surface area (Å²) in [4.78, 5) is 6.57. The molecule has 1 fully saturated rings. The molecular formula is C17H27FN4. The highest BCUT2D eigenvalue weighted by Gasteiger charge is 2.16. The van der Waals surface area contributed by atoms with Crippen LogP contribution in [0, 0.1) is 0 Å². The lowest BCUT2D eigenvalue weighted by Gasteiger charge is -2.29. The van der Waals surface area contributed by atoms with Crippen molar-refractivity contribution < 1.29 is 4.39 Å². The predicted octanol–water partition coefficient (Wildman–Crippen LogP) is 2.72.